The molecule has 0 radical (unpaired) electrons. The first-order chi connectivity index (χ1) is 13.1. The van der Waals surface area contributed by atoms with Crippen LogP contribution in [0.25, 0.3) is 0 Å². The van der Waals surface area contributed by atoms with Gasteiger partial charge >= 0.3 is 0 Å². The molecule has 0 saturated carbocycles. The molecule has 28 heavy (non-hydrogen) atoms. The van der Waals surface area contributed by atoms with Gasteiger partial charge in [-0.25, -0.2) is 4.98 Å². The van der Waals surface area contributed by atoms with E-state index in [9.17, 15) is 0 Å². The van der Waals surface area contributed by atoms with Crippen molar-refractivity contribution in [2.45, 2.75) is 52.2 Å². The number of hydrogen-bond acceptors (Lipinski definition) is 4. The van der Waals surface area contributed by atoms with E-state index in [1.165, 1.54) is 6.42 Å². The molecule has 0 bridgehead atoms. The Morgan fingerprint density at radius 3 is 2.86 bits per heavy atom. The summed E-state index contributed by atoms with van der Waals surface area (Å²) in [4.78, 5) is 14.2. The third kappa shape index (κ3) is 5.82. The monoisotopic (exact) mass is 504 g/mol. The van der Waals surface area contributed by atoms with Crippen LogP contribution in [0.5, 0.6) is 0 Å². The molecule has 2 aliphatic heterocycles. The Labute approximate surface area is 186 Å². The van der Waals surface area contributed by atoms with Crippen LogP contribution < -0.4 is 5.32 Å². The molecule has 0 spiro atoms. The first-order valence-corrected chi connectivity index (χ1v) is 10.4. The number of halogens is 1. The second-order valence-corrected chi connectivity index (χ2v) is 7.99. The van der Waals surface area contributed by atoms with Crippen molar-refractivity contribution in [3.63, 3.8) is 0 Å². The van der Waals surface area contributed by atoms with Crippen molar-refractivity contribution in [3.8, 4) is 0 Å². The molecule has 4 unspecified atom stereocenters. The number of aliphatic imine (C=N–C) groups is 1. The maximum absolute atomic E-state index is 5.57. The van der Waals surface area contributed by atoms with E-state index >= 15 is 0 Å². The van der Waals surface area contributed by atoms with Gasteiger partial charge in [-0.15, -0.1) is 24.0 Å². The van der Waals surface area contributed by atoms with E-state index in [4.69, 9.17) is 9.73 Å². The molecular formula is C20H37IN6O. The largest absolute Gasteiger partial charge is 0.379 e. The number of hydrogen-bond donors (Lipinski definition) is 1. The minimum atomic E-state index is 0. The lowest BCUT2D eigenvalue weighted by Crippen LogP contribution is -2.51. The lowest BCUT2D eigenvalue weighted by molar-refractivity contribution is -0.0166. The summed E-state index contributed by atoms with van der Waals surface area (Å²) in [6, 6.07) is 1.33. The number of aromatic nitrogens is 2. The molecule has 3 heterocycles. The van der Waals surface area contributed by atoms with Crippen molar-refractivity contribution in [2.24, 2.45) is 10.9 Å². The van der Waals surface area contributed by atoms with E-state index in [1.54, 1.807) is 0 Å². The van der Waals surface area contributed by atoms with Crippen molar-refractivity contribution < 1.29 is 4.74 Å². The van der Waals surface area contributed by atoms with Crippen molar-refractivity contribution in [2.75, 3.05) is 45.9 Å². The number of imidazole rings is 1. The first kappa shape index (κ1) is 23.4. The SMILES string of the molecule is CCNC(=NCC(C)N1CCOCC1C)N1CCC(C)C(n2ccnc2)C1.I. The fourth-order valence-corrected chi connectivity index (χ4v) is 4.24. The molecule has 7 nitrogen and oxygen atoms in total. The van der Waals surface area contributed by atoms with Gasteiger partial charge in [0.05, 0.1) is 32.1 Å². The zero-order chi connectivity index (χ0) is 19.2. The predicted octanol–water partition coefficient (Wildman–Crippen LogP) is 2.46. The number of piperidine rings is 1. The maximum Gasteiger partial charge on any atom is 0.194 e. The average Bonchev–Trinajstić information content (AvgIpc) is 3.20. The molecule has 2 saturated heterocycles. The Balaban J connectivity index is 0.00000280. The molecule has 4 atom stereocenters. The Morgan fingerprint density at radius 1 is 1.36 bits per heavy atom. The smallest absolute Gasteiger partial charge is 0.194 e. The number of rotatable bonds is 5. The number of ether oxygens (including phenoxy) is 1. The molecule has 1 aromatic rings. The van der Waals surface area contributed by atoms with Crippen LogP contribution in [0, 0.1) is 5.92 Å². The molecule has 0 aromatic carbocycles. The Morgan fingerprint density at radius 2 is 2.18 bits per heavy atom. The molecule has 8 heteroatoms. The van der Waals surface area contributed by atoms with Gasteiger partial charge in [-0.3, -0.25) is 9.89 Å². The fraction of sp³-hybridized carbons (Fsp3) is 0.800. The Bertz CT molecular complexity index is 596. The van der Waals surface area contributed by atoms with Gasteiger partial charge in [0.2, 0.25) is 0 Å². The van der Waals surface area contributed by atoms with Crippen LogP contribution in [0.1, 0.15) is 40.2 Å². The summed E-state index contributed by atoms with van der Waals surface area (Å²) >= 11 is 0. The summed E-state index contributed by atoms with van der Waals surface area (Å²) in [7, 11) is 0. The summed E-state index contributed by atoms with van der Waals surface area (Å²) in [6.07, 6.45) is 7.06. The van der Waals surface area contributed by atoms with Crippen LogP contribution in [0.2, 0.25) is 0 Å². The van der Waals surface area contributed by atoms with Gasteiger partial charge in [0.25, 0.3) is 0 Å². The van der Waals surface area contributed by atoms with Crippen molar-refractivity contribution in [1.29, 1.82) is 0 Å². The Kier molecular flexibility index (Phi) is 9.49. The highest BCUT2D eigenvalue weighted by Gasteiger charge is 2.29. The molecule has 2 aliphatic rings. The highest BCUT2D eigenvalue weighted by molar-refractivity contribution is 14.0. The molecule has 2 fully saturated rings. The van der Waals surface area contributed by atoms with E-state index in [0.29, 0.717) is 24.0 Å². The zero-order valence-corrected chi connectivity index (χ0v) is 20.1. The number of guanidine groups is 1. The predicted molar refractivity (Wildman–Crippen MR) is 124 cm³/mol. The highest BCUT2D eigenvalue weighted by Crippen LogP contribution is 2.27. The molecule has 1 N–H and O–H groups in total. The molecule has 3 rings (SSSR count). The summed E-state index contributed by atoms with van der Waals surface area (Å²) in [5, 5.41) is 3.51. The number of likely N-dealkylation sites (tertiary alicyclic amines) is 1. The summed E-state index contributed by atoms with van der Waals surface area (Å²) in [5.41, 5.74) is 0. The highest BCUT2D eigenvalue weighted by atomic mass is 127. The van der Waals surface area contributed by atoms with Crippen LogP contribution in [-0.4, -0.2) is 83.3 Å². The minimum absolute atomic E-state index is 0. The third-order valence-electron chi connectivity index (χ3n) is 5.95. The maximum atomic E-state index is 5.57. The lowest BCUT2D eigenvalue weighted by Gasteiger charge is -2.40. The first-order valence-electron chi connectivity index (χ1n) is 10.4. The van der Waals surface area contributed by atoms with Crippen LogP contribution in [0.15, 0.2) is 23.7 Å². The van der Waals surface area contributed by atoms with Gasteiger partial charge < -0.3 is 19.5 Å². The molecule has 1 aromatic heterocycles. The van der Waals surface area contributed by atoms with Crippen molar-refractivity contribution in [3.05, 3.63) is 18.7 Å². The standard InChI is InChI=1S/C20H36N6O.HI/c1-5-22-20(23-12-17(3)26-10-11-27-14-18(26)4)24-8-6-16(2)19(13-24)25-9-7-21-15-25;/h7,9,15-19H,5-6,8,10-14H2,1-4H3,(H,22,23);1H. The lowest BCUT2D eigenvalue weighted by atomic mass is 9.93. The van der Waals surface area contributed by atoms with E-state index < -0.39 is 0 Å². The molecule has 0 aliphatic carbocycles. The van der Waals surface area contributed by atoms with Gasteiger partial charge in [-0.2, -0.15) is 0 Å². The molecular weight excluding hydrogens is 467 g/mol. The number of nitrogens with zero attached hydrogens (tertiary/aromatic N) is 5. The van der Waals surface area contributed by atoms with E-state index in [-0.39, 0.29) is 24.0 Å². The van der Waals surface area contributed by atoms with Crippen LogP contribution >= 0.6 is 24.0 Å². The summed E-state index contributed by atoms with van der Waals surface area (Å²) in [5.74, 6) is 1.69. The fourth-order valence-electron chi connectivity index (χ4n) is 4.24. The summed E-state index contributed by atoms with van der Waals surface area (Å²) in [6.45, 7) is 15.4. The van der Waals surface area contributed by atoms with Gasteiger partial charge in [-0.05, 0) is 33.1 Å². The Hall–Kier alpha value is -0.870. The number of morpholine rings is 1. The van der Waals surface area contributed by atoms with Crippen molar-refractivity contribution in [1.82, 2.24) is 24.7 Å². The van der Waals surface area contributed by atoms with Gasteiger partial charge in [-0.1, -0.05) is 6.92 Å². The van der Waals surface area contributed by atoms with E-state index in [1.807, 2.05) is 12.5 Å². The van der Waals surface area contributed by atoms with Crippen LogP contribution in [-0.2, 0) is 4.74 Å². The van der Waals surface area contributed by atoms with Gasteiger partial charge in [0.15, 0.2) is 5.96 Å². The summed E-state index contributed by atoms with van der Waals surface area (Å²) < 4.78 is 7.82. The average molecular weight is 504 g/mol. The number of nitrogens with one attached hydrogen (secondary N) is 1. The second-order valence-electron chi connectivity index (χ2n) is 7.99. The normalized spacial score (nSPS) is 27.9. The van der Waals surface area contributed by atoms with Crippen molar-refractivity contribution >= 4 is 29.9 Å². The zero-order valence-electron chi connectivity index (χ0n) is 17.8. The minimum Gasteiger partial charge on any atom is -0.379 e. The molecule has 160 valence electrons. The van der Waals surface area contributed by atoms with E-state index in [2.05, 4.69) is 58.6 Å². The topological polar surface area (TPSA) is 57.9 Å². The van der Waals surface area contributed by atoms with Gasteiger partial charge in [0, 0.05) is 50.7 Å². The van der Waals surface area contributed by atoms with Gasteiger partial charge in [0.1, 0.15) is 0 Å². The van der Waals surface area contributed by atoms with Crippen LogP contribution in [0.4, 0.5) is 0 Å². The van der Waals surface area contributed by atoms with E-state index in [0.717, 1.165) is 51.9 Å². The molecule has 0 amide bonds. The second kappa shape index (κ2) is 11.3. The van der Waals surface area contributed by atoms with Crippen LogP contribution in [0.3, 0.4) is 0 Å². The quantitative estimate of drug-likeness (QED) is 0.380. The third-order valence-corrected chi connectivity index (χ3v) is 5.95.